The molecule has 7 nitrogen and oxygen atoms in total. The number of ketones is 1. The molecule has 0 saturated carbocycles. The van der Waals surface area contributed by atoms with Crippen molar-refractivity contribution in [3.05, 3.63) is 65.7 Å². The number of aromatic nitrogens is 2. The number of nitrogens with one attached hydrogen (secondary N) is 2. The zero-order valence-electron chi connectivity index (χ0n) is 16.2. The Morgan fingerprint density at radius 3 is 2.25 bits per heavy atom. The molecule has 0 bridgehead atoms. The molecule has 2 aromatic heterocycles. The van der Waals surface area contributed by atoms with Crippen molar-refractivity contribution >= 4 is 28.8 Å². The molecule has 144 valence electrons. The van der Waals surface area contributed by atoms with Crippen LogP contribution in [0.2, 0.25) is 0 Å². The van der Waals surface area contributed by atoms with Crippen molar-refractivity contribution in [2.45, 2.75) is 33.2 Å². The highest BCUT2D eigenvalue weighted by Crippen LogP contribution is 2.17. The second-order valence-electron chi connectivity index (χ2n) is 7.53. The van der Waals surface area contributed by atoms with Crippen LogP contribution in [0.4, 0.5) is 5.69 Å². The minimum absolute atomic E-state index is 0.0494. The molecule has 0 saturated heterocycles. The van der Waals surface area contributed by atoms with E-state index in [-0.39, 0.29) is 23.2 Å². The molecule has 7 heteroatoms. The van der Waals surface area contributed by atoms with Gasteiger partial charge in [-0.05, 0) is 64.1 Å². The molecule has 3 aromatic rings. The van der Waals surface area contributed by atoms with Gasteiger partial charge in [0.2, 0.25) is 5.82 Å². The van der Waals surface area contributed by atoms with Gasteiger partial charge >= 0.3 is 0 Å². The summed E-state index contributed by atoms with van der Waals surface area (Å²) in [5, 5.41) is 5.62. The van der Waals surface area contributed by atoms with Crippen LogP contribution in [-0.4, -0.2) is 32.5 Å². The van der Waals surface area contributed by atoms with Gasteiger partial charge in [-0.15, -0.1) is 0 Å². The van der Waals surface area contributed by atoms with Gasteiger partial charge in [0.05, 0.1) is 5.52 Å². The number of rotatable bonds is 4. The van der Waals surface area contributed by atoms with E-state index in [1.807, 2.05) is 20.8 Å². The number of nitrogens with zero attached hydrogens (tertiary/aromatic N) is 2. The summed E-state index contributed by atoms with van der Waals surface area (Å²) in [6.07, 6.45) is 1.68. The first-order valence-corrected chi connectivity index (χ1v) is 8.88. The highest BCUT2D eigenvalue weighted by atomic mass is 16.2. The summed E-state index contributed by atoms with van der Waals surface area (Å²) in [7, 11) is 0. The second kappa shape index (κ2) is 7.26. The SMILES string of the molecule is CC(=O)c1ccc(NC(=O)c2nc(C(=O)NC(C)(C)C)c3ccccn23)cc1. The van der Waals surface area contributed by atoms with Crippen molar-refractivity contribution in [3.63, 3.8) is 0 Å². The number of carbonyl (C=O) groups excluding carboxylic acids is 3. The highest BCUT2D eigenvalue weighted by molar-refractivity contribution is 6.06. The molecule has 2 heterocycles. The minimum atomic E-state index is -0.452. The van der Waals surface area contributed by atoms with E-state index < -0.39 is 11.4 Å². The fourth-order valence-corrected chi connectivity index (χ4v) is 2.74. The Kier molecular flexibility index (Phi) is 5.00. The number of hydrogen-bond donors (Lipinski definition) is 2. The zero-order chi connectivity index (χ0) is 20.5. The number of anilines is 1. The molecular weight excluding hydrogens is 356 g/mol. The number of hydrogen-bond acceptors (Lipinski definition) is 4. The molecule has 0 atom stereocenters. The van der Waals surface area contributed by atoms with Crippen molar-refractivity contribution in [2.24, 2.45) is 0 Å². The van der Waals surface area contributed by atoms with Crippen LogP contribution < -0.4 is 10.6 Å². The topological polar surface area (TPSA) is 92.6 Å². The highest BCUT2D eigenvalue weighted by Gasteiger charge is 2.24. The van der Waals surface area contributed by atoms with Gasteiger partial charge < -0.3 is 10.6 Å². The lowest BCUT2D eigenvalue weighted by molar-refractivity contribution is 0.0916. The quantitative estimate of drug-likeness (QED) is 0.681. The van der Waals surface area contributed by atoms with E-state index in [1.165, 1.54) is 6.92 Å². The smallest absolute Gasteiger partial charge is 0.292 e. The van der Waals surface area contributed by atoms with Crippen molar-refractivity contribution in [2.75, 3.05) is 5.32 Å². The maximum absolute atomic E-state index is 12.8. The lowest BCUT2D eigenvalue weighted by Crippen LogP contribution is -2.40. The number of fused-ring (bicyclic) bond motifs is 1. The molecule has 1 aromatic carbocycles. The van der Waals surface area contributed by atoms with Gasteiger partial charge in [-0.3, -0.25) is 18.8 Å². The third-order valence-electron chi connectivity index (χ3n) is 4.00. The largest absolute Gasteiger partial charge is 0.346 e. The van der Waals surface area contributed by atoms with Gasteiger partial charge in [0.25, 0.3) is 11.8 Å². The maximum atomic E-state index is 12.8. The van der Waals surface area contributed by atoms with Gasteiger partial charge in [0.1, 0.15) is 0 Å². The first kappa shape index (κ1) is 19.3. The fraction of sp³-hybridized carbons (Fsp3) is 0.238. The summed E-state index contributed by atoms with van der Waals surface area (Å²) >= 11 is 0. The van der Waals surface area contributed by atoms with Crippen LogP contribution in [-0.2, 0) is 0 Å². The molecule has 0 aliphatic rings. The molecule has 28 heavy (non-hydrogen) atoms. The zero-order valence-corrected chi connectivity index (χ0v) is 16.2. The average molecular weight is 378 g/mol. The van der Waals surface area contributed by atoms with Crippen molar-refractivity contribution in [3.8, 4) is 0 Å². The minimum Gasteiger partial charge on any atom is -0.346 e. The second-order valence-corrected chi connectivity index (χ2v) is 7.53. The van der Waals surface area contributed by atoms with Crippen LogP contribution in [0.1, 0.15) is 59.2 Å². The van der Waals surface area contributed by atoms with E-state index in [0.717, 1.165) is 0 Å². The monoisotopic (exact) mass is 378 g/mol. The van der Waals surface area contributed by atoms with E-state index in [2.05, 4.69) is 15.6 Å². The van der Waals surface area contributed by atoms with Crippen molar-refractivity contribution < 1.29 is 14.4 Å². The van der Waals surface area contributed by atoms with Crippen molar-refractivity contribution in [1.29, 1.82) is 0 Å². The summed E-state index contributed by atoms with van der Waals surface area (Å²) in [5.74, 6) is -0.746. The summed E-state index contributed by atoms with van der Waals surface area (Å²) in [4.78, 5) is 41.1. The first-order valence-electron chi connectivity index (χ1n) is 8.88. The van der Waals surface area contributed by atoms with Crippen LogP contribution >= 0.6 is 0 Å². The lowest BCUT2D eigenvalue weighted by Gasteiger charge is -2.19. The van der Waals surface area contributed by atoms with E-state index >= 15 is 0 Å². The molecule has 0 fully saturated rings. The number of Topliss-reactive ketones (excluding diaryl/α,β-unsaturated/α-hetero) is 1. The first-order chi connectivity index (χ1) is 13.2. The molecule has 2 amide bonds. The summed E-state index contributed by atoms with van der Waals surface area (Å²) in [6.45, 7) is 7.11. The Hall–Kier alpha value is -3.48. The summed E-state index contributed by atoms with van der Waals surface area (Å²) < 4.78 is 1.58. The Balaban J connectivity index is 1.93. The maximum Gasteiger partial charge on any atom is 0.292 e. The van der Waals surface area contributed by atoms with E-state index in [9.17, 15) is 14.4 Å². The van der Waals surface area contributed by atoms with Gasteiger partial charge in [0, 0.05) is 23.0 Å². The Bertz CT molecular complexity index is 1060. The lowest BCUT2D eigenvalue weighted by atomic mass is 10.1. The third kappa shape index (κ3) is 4.09. The fourth-order valence-electron chi connectivity index (χ4n) is 2.74. The van der Waals surface area contributed by atoms with Crippen LogP contribution in [0.15, 0.2) is 48.7 Å². The molecular formula is C21H22N4O3. The molecule has 0 aliphatic carbocycles. The van der Waals surface area contributed by atoms with Gasteiger partial charge in [0.15, 0.2) is 11.5 Å². The van der Waals surface area contributed by atoms with Crippen LogP contribution in [0.25, 0.3) is 5.52 Å². The normalized spacial score (nSPS) is 11.3. The molecule has 3 rings (SSSR count). The van der Waals surface area contributed by atoms with E-state index in [0.29, 0.717) is 16.8 Å². The Morgan fingerprint density at radius 1 is 0.964 bits per heavy atom. The van der Waals surface area contributed by atoms with E-state index in [4.69, 9.17) is 0 Å². The summed E-state index contributed by atoms with van der Waals surface area (Å²) in [6, 6.07) is 11.9. The van der Waals surface area contributed by atoms with Crippen molar-refractivity contribution in [1.82, 2.24) is 14.7 Å². The van der Waals surface area contributed by atoms with Crippen LogP contribution in [0, 0.1) is 0 Å². The van der Waals surface area contributed by atoms with E-state index in [1.54, 1.807) is 53.1 Å². The van der Waals surface area contributed by atoms with Crippen LogP contribution in [0.5, 0.6) is 0 Å². The predicted molar refractivity (Wildman–Crippen MR) is 107 cm³/mol. The number of pyridine rings is 1. The number of carbonyl (C=O) groups is 3. The van der Waals surface area contributed by atoms with Gasteiger partial charge in [-0.25, -0.2) is 4.98 Å². The molecule has 0 aliphatic heterocycles. The molecule has 2 N–H and O–H groups in total. The molecule has 0 radical (unpaired) electrons. The predicted octanol–water partition coefficient (Wildman–Crippen LogP) is 3.32. The third-order valence-corrected chi connectivity index (χ3v) is 4.00. The standard InChI is InChI=1S/C21H22N4O3/c1-13(26)14-8-10-15(11-9-14)22-20(28)18-23-17(19(27)24-21(2,3)4)16-7-5-6-12-25(16)18/h5-12H,1-4H3,(H,22,28)(H,24,27). The number of amides is 2. The number of benzene rings is 1. The Morgan fingerprint density at radius 2 is 1.64 bits per heavy atom. The molecule has 0 unspecified atom stereocenters. The van der Waals surface area contributed by atoms with Crippen LogP contribution in [0.3, 0.4) is 0 Å². The average Bonchev–Trinajstić information content (AvgIpc) is 3.01. The van der Waals surface area contributed by atoms with Gasteiger partial charge in [-0.2, -0.15) is 0 Å². The summed E-state index contributed by atoms with van der Waals surface area (Å²) in [5.41, 5.74) is 1.39. The van der Waals surface area contributed by atoms with Gasteiger partial charge in [-0.1, -0.05) is 6.07 Å². The number of imidazole rings is 1. The Labute approximate surface area is 162 Å². The molecule has 0 spiro atoms.